The smallest absolute Gasteiger partial charge is 0.0161 e. The number of rotatable bonds is 0. The fraction of sp³-hybridized carbons (Fsp3) is 0.429. The molecule has 1 aliphatic rings. The van der Waals surface area contributed by atoms with Crippen LogP contribution in [0.1, 0.15) is 58.4 Å². The Morgan fingerprint density at radius 1 is 0.619 bits per heavy atom. The number of hydrogen-bond donors (Lipinski definition) is 0. The lowest BCUT2D eigenvalue weighted by Crippen LogP contribution is -2.17. The first kappa shape index (κ1) is 14.4. The summed E-state index contributed by atoms with van der Waals surface area (Å²) >= 11 is 0. The molecule has 0 heterocycles. The Bertz CT molecular complexity index is 774. The Labute approximate surface area is 129 Å². The molecule has 0 N–H and O–H groups in total. The van der Waals surface area contributed by atoms with E-state index in [1.807, 2.05) is 0 Å². The number of aryl methyl sites for hydroxylation is 3. The van der Waals surface area contributed by atoms with Crippen LogP contribution in [0.15, 0.2) is 12.1 Å². The van der Waals surface area contributed by atoms with E-state index in [9.17, 15) is 0 Å². The maximum absolute atomic E-state index is 2.42. The van der Waals surface area contributed by atoms with Gasteiger partial charge in [-0.15, -0.1) is 0 Å². The molecule has 110 valence electrons. The van der Waals surface area contributed by atoms with Gasteiger partial charge in [0.15, 0.2) is 0 Å². The SMILES string of the molecule is Cc1cc2c(c(C)c1C)-c1c(C)c(C)cc(C)c1C2(C)C. The molecule has 0 heteroatoms. The van der Waals surface area contributed by atoms with Crippen LogP contribution in [0.3, 0.4) is 0 Å². The second-order valence-electron chi connectivity index (χ2n) is 7.38. The minimum absolute atomic E-state index is 0.108. The summed E-state index contributed by atoms with van der Waals surface area (Å²) in [4.78, 5) is 0. The molecule has 3 rings (SSSR count). The van der Waals surface area contributed by atoms with Gasteiger partial charge in [-0.2, -0.15) is 0 Å². The third-order valence-corrected chi connectivity index (χ3v) is 5.75. The third-order valence-electron chi connectivity index (χ3n) is 5.75. The zero-order valence-electron chi connectivity index (χ0n) is 14.7. The van der Waals surface area contributed by atoms with E-state index in [2.05, 4.69) is 67.5 Å². The lowest BCUT2D eigenvalue weighted by Gasteiger charge is -2.24. The van der Waals surface area contributed by atoms with Gasteiger partial charge < -0.3 is 0 Å². The maximum Gasteiger partial charge on any atom is 0.0161 e. The fourth-order valence-corrected chi connectivity index (χ4v) is 4.24. The van der Waals surface area contributed by atoms with Gasteiger partial charge in [-0.05, 0) is 97.2 Å². The Morgan fingerprint density at radius 2 is 1.19 bits per heavy atom. The van der Waals surface area contributed by atoms with Gasteiger partial charge in [0.25, 0.3) is 0 Å². The molecule has 2 aromatic rings. The first-order valence-electron chi connectivity index (χ1n) is 7.90. The van der Waals surface area contributed by atoms with Crippen LogP contribution < -0.4 is 0 Å². The highest BCUT2D eigenvalue weighted by molar-refractivity contribution is 5.87. The first-order chi connectivity index (χ1) is 9.67. The molecule has 2 aromatic carbocycles. The standard InChI is InChI=1S/C21H26/c1-11-9-13(3)20-19(15(11)5)18-16(6)14(4)12(2)10-17(18)21(20,7)8/h9-10H,1-8H3. The molecular formula is C21H26. The molecule has 0 amide bonds. The highest BCUT2D eigenvalue weighted by Gasteiger charge is 2.39. The average Bonchev–Trinajstić information content (AvgIpc) is 2.62. The monoisotopic (exact) mass is 278 g/mol. The van der Waals surface area contributed by atoms with Gasteiger partial charge in [-0.3, -0.25) is 0 Å². The Hall–Kier alpha value is -1.56. The summed E-state index contributed by atoms with van der Waals surface area (Å²) in [5.74, 6) is 0. The number of hydrogen-bond acceptors (Lipinski definition) is 0. The van der Waals surface area contributed by atoms with Crippen molar-refractivity contribution in [3.05, 3.63) is 56.6 Å². The molecule has 0 saturated heterocycles. The van der Waals surface area contributed by atoms with E-state index in [1.165, 1.54) is 55.6 Å². The second kappa shape index (κ2) is 4.22. The average molecular weight is 278 g/mol. The van der Waals surface area contributed by atoms with Crippen molar-refractivity contribution >= 4 is 0 Å². The highest BCUT2D eigenvalue weighted by Crippen LogP contribution is 2.53. The quantitative estimate of drug-likeness (QED) is 0.567. The molecule has 1 aliphatic carbocycles. The van der Waals surface area contributed by atoms with E-state index in [-0.39, 0.29) is 5.41 Å². The van der Waals surface area contributed by atoms with Crippen LogP contribution in [-0.4, -0.2) is 0 Å². The van der Waals surface area contributed by atoms with Crippen molar-refractivity contribution in [1.29, 1.82) is 0 Å². The van der Waals surface area contributed by atoms with Crippen LogP contribution in [0.4, 0.5) is 0 Å². The van der Waals surface area contributed by atoms with Gasteiger partial charge in [0.05, 0.1) is 0 Å². The lowest BCUT2D eigenvalue weighted by molar-refractivity contribution is 0.654. The summed E-state index contributed by atoms with van der Waals surface area (Å²) in [6.07, 6.45) is 0. The molecule has 0 unspecified atom stereocenters. The van der Waals surface area contributed by atoms with Gasteiger partial charge >= 0.3 is 0 Å². The van der Waals surface area contributed by atoms with E-state index >= 15 is 0 Å². The van der Waals surface area contributed by atoms with Crippen LogP contribution >= 0.6 is 0 Å². The highest BCUT2D eigenvalue weighted by atomic mass is 14.4. The van der Waals surface area contributed by atoms with E-state index in [4.69, 9.17) is 0 Å². The van der Waals surface area contributed by atoms with Gasteiger partial charge in [0.1, 0.15) is 0 Å². The largest absolute Gasteiger partial charge is 0.0558 e. The maximum atomic E-state index is 2.42. The zero-order valence-corrected chi connectivity index (χ0v) is 14.7. The van der Waals surface area contributed by atoms with Crippen molar-refractivity contribution in [2.24, 2.45) is 0 Å². The van der Waals surface area contributed by atoms with Crippen molar-refractivity contribution < 1.29 is 0 Å². The zero-order chi connectivity index (χ0) is 15.7. The van der Waals surface area contributed by atoms with E-state index in [0.29, 0.717) is 0 Å². The summed E-state index contributed by atoms with van der Waals surface area (Å²) in [6, 6.07) is 4.78. The van der Waals surface area contributed by atoms with E-state index in [0.717, 1.165) is 0 Å². The van der Waals surface area contributed by atoms with Gasteiger partial charge in [-0.1, -0.05) is 26.0 Å². The molecule has 0 spiro atoms. The lowest BCUT2D eigenvalue weighted by atomic mass is 9.79. The molecule has 0 saturated carbocycles. The fourth-order valence-electron chi connectivity index (χ4n) is 4.24. The Balaban J connectivity index is 2.56. The van der Waals surface area contributed by atoms with Gasteiger partial charge in [0.2, 0.25) is 0 Å². The first-order valence-corrected chi connectivity index (χ1v) is 7.90. The van der Waals surface area contributed by atoms with Crippen molar-refractivity contribution in [3.63, 3.8) is 0 Å². The third kappa shape index (κ3) is 1.68. The van der Waals surface area contributed by atoms with Crippen molar-refractivity contribution in [1.82, 2.24) is 0 Å². The minimum Gasteiger partial charge on any atom is -0.0558 e. The van der Waals surface area contributed by atoms with Crippen LogP contribution in [0.5, 0.6) is 0 Å². The van der Waals surface area contributed by atoms with Crippen LogP contribution in [-0.2, 0) is 5.41 Å². The minimum atomic E-state index is 0.108. The molecule has 0 aromatic heterocycles. The van der Waals surface area contributed by atoms with Crippen LogP contribution in [0.25, 0.3) is 11.1 Å². The molecule has 0 radical (unpaired) electrons. The molecule has 0 aliphatic heterocycles. The summed E-state index contributed by atoms with van der Waals surface area (Å²) in [5.41, 5.74) is 14.8. The van der Waals surface area contributed by atoms with Gasteiger partial charge in [0, 0.05) is 5.41 Å². The number of benzene rings is 2. The molecule has 0 bridgehead atoms. The second-order valence-corrected chi connectivity index (χ2v) is 7.38. The Kier molecular flexibility index (Phi) is 2.89. The number of fused-ring (bicyclic) bond motifs is 3. The summed E-state index contributed by atoms with van der Waals surface area (Å²) in [7, 11) is 0. The predicted octanol–water partition coefficient (Wildman–Crippen LogP) is 5.84. The molecule has 0 fully saturated rings. The molecule has 0 nitrogen and oxygen atoms in total. The van der Waals surface area contributed by atoms with E-state index in [1.54, 1.807) is 0 Å². The van der Waals surface area contributed by atoms with Gasteiger partial charge in [-0.25, -0.2) is 0 Å². The van der Waals surface area contributed by atoms with E-state index < -0.39 is 0 Å². The van der Waals surface area contributed by atoms with Crippen LogP contribution in [0.2, 0.25) is 0 Å². The topological polar surface area (TPSA) is 0 Å². The summed E-state index contributed by atoms with van der Waals surface area (Å²) in [5, 5.41) is 0. The summed E-state index contributed by atoms with van der Waals surface area (Å²) < 4.78 is 0. The van der Waals surface area contributed by atoms with Crippen molar-refractivity contribution in [3.8, 4) is 11.1 Å². The Morgan fingerprint density at radius 3 is 1.81 bits per heavy atom. The normalized spacial score (nSPS) is 15.0. The summed E-state index contributed by atoms with van der Waals surface area (Å²) in [6.45, 7) is 18.4. The van der Waals surface area contributed by atoms with Crippen LogP contribution in [0, 0.1) is 41.5 Å². The van der Waals surface area contributed by atoms with Crippen molar-refractivity contribution in [2.75, 3.05) is 0 Å². The molecular weight excluding hydrogens is 252 g/mol. The van der Waals surface area contributed by atoms with Crippen molar-refractivity contribution in [2.45, 2.75) is 60.8 Å². The predicted molar refractivity (Wildman–Crippen MR) is 92.4 cm³/mol. The molecule has 21 heavy (non-hydrogen) atoms. The molecule has 0 atom stereocenters.